The summed E-state index contributed by atoms with van der Waals surface area (Å²) < 4.78 is 0. The Kier molecular flexibility index (Phi) is 3.59. The summed E-state index contributed by atoms with van der Waals surface area (Å²) in [6.07, 6.45) is 1.31. The number of aromatic nitrogens is 2. The molecule has 92 valence electrons. The highest BCUT2D eigenvalue weighted by molar-refractivity contribution is 6.33. The van der Waals surface area contributed by atoms with E-state index in [0.29, 0.717) is 0 Å². The summed E-state index contributed by atoms with van der Waals surface area (Å²) in [4.78, 5) is 17.9. The molecule has 0 aliphatic carbocycles. The topological polar surface area (TPSA) is 81.0 Å². The molecule has 0 radical (unpaired) electrons. The zero-order valence-corrected chi connectivity index (χ0v) is 10.3. The number of nitro groups is 1. The Morgan fingerprint density at radius 2 is 2.00 bits per heavy atom. The maximum atomic E-state index is 10.8. The second kappa shape index (κ2) is 5.16. The second-order valence-corrected chi connectivity index (χ2v) is 3.98. The van der Waals surface area contributed by atoms with Gasteiger partial charge in [0.2, 0.25) is 5.28 Å². The summed E-state index contributed by atoms with van der Waals surface area (Å²) in [5, 5.41) is 13.8. The number of nitro benzene ring substituents is 1. The monoisotopic (exact) mass is 284 g/mol. The van der Waals surface area contributed by atoms with E-state index in [0.717, 1.165) is 0 Å². The number of anilines is 2. The van der Waals surface area contributed by atoms with Crippen molar-refractivity contribution in [3.05, 3.63) is 50.9 Å². The Labute approximate surface area is 112 Å². The van der Waals surface area contributed by atoms with Gasteiger partial charge in [-0.15, -0.1) is 0 Å². The standard InChI is InChI=1S/C10H6Cl2N4O2/c11-6-5-13-10(12)15-9(6)14-7-3-1-2-4-8(7)16(17)18/h1-5H,(H,13,14,15). The van der Waals surface area contributed by atoms with Gasteiger partial charge in [-0.05, 0) is 17.7 Å². The first kappa shape index (κ1) is 12.5. The summed E-state index contributed by atoms with van der Waals surface area (Å²) in [5.41, 5.74) is 0.197. The van der Waals surface area contributed by atoms with Crippen LogP contribution in [0.15, 0.2) is 30.5 Å². The predicted octanol–water partition coefficient (Wildman–Crippen LogP) is 3.44. The van der Waals surface area contributed by atoms with E-state index in [9.17, 15) is 10.1 Å². The Bertz CT molecular complexity index is 606. The van der Waals surface area contributed by atoms with Crippen LogP contribution in [0, 0.1) is 10.1 Å². The number of hydrogen-bond donors (Lipinski definition) is 1. The van der Waals surface area contributed by atoms with Crippen LogP contribution < -0.4 is 5.32 Å². The van der Waals surface area contributed by atoms with Crippen LogP contribution in [0.3, 0.4) is 0 Å². The predicted molar refractivity (Wildman–Crippen MR) is 68.4 cm³/mol. The van der Waals surface area contributed by atoms with Crippen LogP contribution in [0.5, 0.6) is 0 Å². The fraction of sp³-hybridized carbons (Fsp3) is 0. The molecule has 18 heavy (non-hydrogen) atoms. The van der Waals surface area contributed by atoms with Gasteiger partial charge in [0.15, 0.2) is 5.82 Å². The number of benzene rings is 1. The van der Waals surface area contributed by atoms with Gasteiger partial charge in [-0.1, -0.05) is 23.7 Å². The van der Waals surface area contributed by atoms with Crippen LogP contribution in [-0.4, -0.2) is 14.9 Å². The molecule has 0 saturated heterocycles. The van der Waals surface area contributed by atoms with Gasteiger partial charge in [0.1, 0.15) is 10.7 Å². The third-order valence-electron chi connectivity index (χ3n) is 2.07. The molecule has 1 heterocycles. The molecule has 2 rings (SSSR count). The van der Waals surface area contributed by atoms with Crippen molar-refractivity contribution < 1.29 is 4.92 Å². The van der Waals surface area contributed by atoms with Gasteiger partial charge in [0.25, 0.3) is 5.69 Å². The molecule has 6 nitrogen and oxygen atoms in total. The van der Waals surface area contributed by atoms with Gasteiger partial charge < -0.3 is 5.32 Å². The van der Waals surface area contributed by atoms with Crippen molar-refractivity contribution >= 4 is 40.4 Å². The molecular weight excluding hydrogens is 279 g/mol. The average molecular weight is 285 g/mol. The van der Waals surface area contributed by atoms with Crippen molar-refractivity contribution in [3.8, 4) is 0 Å². The Morgan fingerprint density at radius 1 is 1.28 bits per heavy atom. The van der Waals surface area contributed by atoms with Crippen LogP contribution >= 0.6 is 23.2 Å². The summed E-state index contributed by atoms with van der Waals surface area (Å²) in [6, 6.07) is 6.15. The molecule has 8 heteroatoms. The summed E-state index contributed by atoms with van der Waals surface area (Å²) in [5.74, 6) is 0.214. The van der Waals surface area contributed by atoms with Crippen LogP contribution in [-0.2, 0) is 0 Å². The van der Waals surface area contributed by atoms with Crippen molar-refractivity contribution in [1.82, 2.24) is 9.97 Å². The molecular formula is C10H6Cl2N4O2. The lowest BCUT2D eigenvalue weighted by Gasteiger charge is -2.07. The van der Waals surface area contributed by atoms with Crippen molar-refractivity contribution in [1.29, 1.82) is 0 Å². The number of nitrogens with zero attached hydrogens (tertiary/aromatic N) is 3. The molecule has 1 aromatic heterocycles. The van der Waals surface area contributed by atoms with Crippen LogP contribution in [0.25, 0.3) is 0 Å². The van der Waals surface area contributed by atoms with E-state index in [1.807, 2.05) is 0 Å². The third kappa shape index (κ3) is 2.66. The lowest BCUT2D eigenvalue weighted by atomic mass is 10.2. The van der Waals surface area contributed by atoms with E-state index in [1.54, 1.807) is 18.2 Å². The smallest absolute Gasteiger partial charge is 0.292 e. The molecule has 0 amide bonds. The molecule has 0 aliphatic rings. The van der Waals surface area contributed by atoms with E-state index >= 15 is 0 Å². The average Bonchev–Trinajstić information content (AvgIpc) is 2.34. The molecule has 1 aromatic carbocycles. The first-order valence-electron chi connectivity index (χ1n) is 4.76. The molecule has 1 N–H and O–H groups in total. The lowest BCUT2D eigenvalue weighted by Crippen LogP contribution is -1.99. The van der Waals surface area contributed by atoms with Gasteiger partial charge in [0, 0.05) is 6.07 Å². The van der Waals surface area contributed by atoms with E-state index in [-0.39, 0.29) is 27.5 Å². The normalized spacial score (nSPS) is 10.1. The summed E-state index contributed by atoms with van der Waals surface area (Å²) >= 11 is 11.5. The van der Waals surface area contributed by atoms with Crippen molar-refractivity contribution in [2.24, 2.45) is 0 Å². The highest BCUT2D eigenvalue weighted by atomic mass is 35.5. The van der Waals surface area contributed by atoms with Gasteiger partial charge in [-0.25, -0.2) is 4.98 Å². The fourth-order valence-electron chi connectivity index (χ4n) is 1.30. The number of para-hydroxylation sites is 2. The van der Waals surface area contributed by atoms with E-state index in [4.69, 9.17) is 23.2 Å². The number of halogens is 2. The molecule has 2 aromatic rings. The van der Waals surface area contributed by atoms with Crippen molar-refractivity contribution in [2.45, 2.75) is 0 Å². The largest absolute Gasteiger partial charge is 0.333 e. The van der Waals surface area contributed by atoms with Crippen molar-refractivity contribution in [2.75, 3.05) is 5.32 Å². The maximum Gasteiger partial charge on any atom is 0.292 e. The zero-order valence-electron chi connectivity index (χ0n) is 8.80. The fourth-order valence-corrected chi connectivity index (χ4v) is 1.57. The highest BCUT2D eigenvalue weighted by Gasteiger charge is 2.14. The maximum absolute atomic E-state index is 10.8. The van der Waals surface area contributed by atoms with Gasteiger partial charge >= 0.3 is 0 Å². The molecule has 0 saturated carbocycles. The quantitative estimate of drug-likeness (QED) is 0.530. The van der Waals surface area contributed by atoms with Crippen LogP contribution in [0.4, 0.5) is 17.2 Å². The first-order chi connectivity index (χ1) is 8.58. The molecule has 0 bridgehead atoms. The Hall–Kier alpha value is -1.92. The zero-order chi connectivity index (χ0) is 13.1. The molecule has 0 atom stereocenters. The number of rotatable bonds is 3. The second-order valence-electron chi connectivity index (χ2n) is 3.23. The summed E-state index contributed by atoms with van der Waals surface area (Å²) in [7, 11) is 0. The SMILES string of the molecule is O=[N+]([O-])c1ccccc1Nc1nc(Cl)ncc1Cl. The Balaban J connectivity index is 2.40. The third-order valence-corrected chi connectivity index (χ3v) is 2.53. The highest BCUT2D eigenvalue weighted by Crippen LogP contribution is 2.29. The van der Waals surface area contributed by atoms with E-state index < -0.39 is 4.92 Å². The number of hydrogen-bond acceptors (Lipinski definition) is 5. The van der Waals surface area contributed by atoms with E-state index in [1.165, 1.54) is 12.3 Å². The lowest BCUT2D eigenvalue weighted by molar-refractivity contribution is -0.383. The minimum absolute atomic E-state index is 0.000448. The molecule has 0 aliphatic heterocycles. The number of nitrogens with one attached hydrogen (secondary N) is 1. The van der Waals surface area contributed by atoms with Crippen molar-refractivity contribution in [3.63, 3.8) is 0 Å². The minimum Gasteiger partial charge on any atom is -0.333 e. The summed E-state index contributed by atoms with van der Waals surface area (Å²) in [6.45, 7) is 0. The first-order valence-corrected chi connectivity index (χ1v) is 5.52. The van der Waals surface area contributed by atoms with Gasteiger partial charge in [0.05, 0.1) is 11.1 Å². The Morgan fingerprint density at radius 3 is 2.72 bits per heavy atom. The van der Waals surface area contributed by atoms with Crippen LogP contribution in [0.2, 0.25) is 10.3 Å². The minimum atomic E-state index is -0.501. The van der Waals surface area contributed by atoms with E-state index in [2.05, 4.69) is 15.3 Å². The van der Waals surface area contributed by atoms with Crippen LogP contribution in [0.1, 0.15) is 0 Å². The molecule has 0 fully saturated rings. The molecule has 0 spiro atoms. The van der Waals surface area contributed by atoms with Gasteiger partial charge in [-0.3, -0.25) is 10.1 Å². The van der Waals surface area contributed by atoms with Gasteiger partial charge in [-0.2, -0.15) is 4.98 Å². The molecule has 0 unspecified atom stereocenters.